The normalized spacial score (nSPS) is 9.75. The van der Waals surface area contributed by atoms with E-state index in [2.05, 4.69) is 0 Å². The number of carbonyl (C=O) groups is 1. The smallest absolute Gasteiger partial charge is 0.316 e. The summed E-state index contributed by atoms with van der Waals surface area (Å²) in [5.74, 6) is 0.209. The summed E-state index contributed by atoms with van der Waals surface area (Å²) in [6.07, 6.45) is 0. The lowest BCUT2D eigenvalue weighted by Gasteiger charge is -2.05. The third-order valence-electron chi connectivity index (χ3n) is 1.45. The first kappa shape index (κ1) is 15.2. The molecule has 0 aromatic carbocycles. The Labute approximate surface area is 100 Å². The number of hydrogen-bond acceptors (Lipinski definition) is 6. The second-order valence-corrected chi connectivity index (χ2v) is 3.67. The Morgan fingerprint density at radius 1 is 1.25 bits per heavy atom. The van der Waals surface area contributed by atoms with Crippen LogP contribution < -0.4 is 0 Å². The first-order valence-electron chi connectivity index (χ1n) is 5.07. The van der Waals surface area contributed by atoms with Gasteiger partial charge in [-0.05, 0) is 6.92 Å². The van der Waals surface area contributed by atoms with Gasteiger partial charge in [0.15, 0.2) is 0 Å². The molecule has 0 aromatic rings. The van der Waals surface area contributed by atoms with Crippen LogP contribution >= 0.6 is 11.8 Å². The molecule has 6 heteroatoms. The highest BCUT2D eigenvalue weighted by molar-refractivity contribution is 8.00. The van der Waals surface area contributed by atoms with Gasteiger partial charge < -0.3 is 14.2 Å². The van der Waals surface area contributed by atoms with E-state index in [-0.39, 0.29) is 18.3 Å². The summed E-state index contributed by atoms with van der Waals surface area (Å²) in [5.41, 5.74) is 0. The van der Waals surface area contributed by atoms with Gasteiger partial charge in [0, 0.05) is 6.61 Å². The average Bonchev–Trinajstić information content (AvgIpc) is 2.28. The predicted octanol–water partition coefficient (Wildman–Crippen LogP) is 0.839. The molecule has 92 valence electrons. The molecule has 0 unspecified atom stereocenters. The maximum Gasteiger partial charge on any atom is 0.316 e. The fourth-order valence-electron chi connectivity index (χ4n) is 0.800. The third-order valence-corrected chi connectivity index (χ3v) is 2.23. The van der Waals surface area contributed by atoms with Crippen LogP contribution in [0.3, 0.4) is 0 Å². The second-order valence-electron chi connectivity index (χ2n) is 2.68. The Morgan fingerprint density at radius 3 is 2.62 bits per heavy atom. The fourth-order valence-corrected chi connectivity index (χ4v) is 1.24. The number of nitrogens with zero attached hydrogens (tertiary/aromatic N) is 1. The van der Waals surface area contributed by atoms with Crippen molar-refractivity contribution in [2.24, 2.45) is 0 Å². The summed E-state index contributed by atoms with van der Waals surface area (Å²) in [4.78, 5) is 11.0. The molecule has 0 aromatic heterocycles. The van der Waals surface area contributed by atoms with Gasteiger partial charge in [0.1, 0.15) is 6.61 Å². The zero-order valence-corrected chi connectivity index (χ0v) is 10.3. The summed E-state index contributed by atoms with van der Waals surface area (Å²) in [6, 6.07) is 1.94. The number of rotatable bonds is 10. The molecule has 0 amide bonds. The number of carbonyl (C=O) groups excluding carboxylic acids is 1. The van der Waals surface area contributed by atoms with Crippen molar-refractivity contribution >= 4 is 17.7 Å². The van der Waals surface area contributed by atoms with Gasteiger partial charge in [-0.2, -0.15) is 5.26 Å². The fraction of sp³-hybridized carbons (Fsp3) is 0.800. The molecule has 0 aliphatic carbocycles. The number of esters is 1. The number of nitriles is 1. The molecule has 0 atom stereocenters. The topological polar surface area (TPSA) is 68.6 Å². The summed E-state index contributed by atoms with van der Waals surface area (Å²) in [5, 5.41) is 8.24. The first-order chi connectivity index (χ1) is 7.81. The molecule has 0 N–H and O–H groups in total. The van der Waals surface area contributed by atoms with Crippen molar-refractivity contribution in [2.75, 3.05) is 44.5 Å². The van der Waals surface area contributed by atoms with Crippen molar-refractivity contribution in [3.8, 4) is 6.07 Å². The minimum atomic E-state index is -0.311. The van der Waals surface area contributed by atoms with Crippen LogP contribution in [0.1, 0.15) is 6.92 Å². The average molecular weight is 247 g/mol. The predicted molar refractivity (Wildman–Crippen MR) is 61.2 cm³/mol. The van der Waals surface area contributed by atoms with E-state index < -0.39 is 0 Å². The van der Waals surface area contributed by atoms with Crippen molar-refractivity contribution < 1.29 is 19.0 Å². The summed E-state index contributed by atoms with van der Waals surface area (Å²) >= 11 is 1.24. The van der Waals surface area contributed by atoms with E-state index in [1.807, 2.05) is 13.0 Å². The highest BCUT2D eigenvalue weighted by Crippen LogP contribution is 1.98. The van der Waals surface area contributed by atoms with Crippen LogP contribution in [0.5, 0.6) is 0 Å². The highest BCUT2D eigenvalue weighted by atomic mass is 32.2. The van der Waals surface area contributed by atoms with Crippen LogP contribution in [0.4, 0.5) is 0 Å². The molecule has 0 heterocycles. The molecule has 0 rings (SSSR count). The molecule has 5 nitrogen and oxygen atoms in total. The zero-order chi connectivity index (χ0) is 12.1. The van der Waals surface area contributed by atoms with Crippen LogP contribution in [0.2, 0.25) is 0 Å². The molecule has 0 radical (unpaired) electrons. The van der Waals surface area contributed by atoms with Crippen molar-refractivity contribution in [3.63, 3.8) is 0 Å². The summed E-state index contributed by atoms with van der Waals surface area (Å²) < 4.78 is 15.1. The SMILES string of the molecule is CCOCCOCCOC(=O)CSCC#N. The number of ether oxygens (including phenoxy) is 3. The molecular weight excluding hydrogens is 230 g/mol. The van der Waals surface area contributed by atoms with Gasteiger partial charge in [-0.1, -0.05) is 0 Å². The Bertz CT molecular complexity index is 217. The quantitative estimate of drug-likeness (QED) is 0.421. The standard InChI is InChI=1S/C10H17NO4S/c1-2-13-4-5-14-6-7-15-10(12)9-16-8-3-11/h2,4-9H2,1H3. The summed E-state index contributed by atoms with van der Waals surface area (Å²) in [6.45, 7) is 4.28. The van der Waals surface area contributed by atoms with Gasteiger partial charge >= 0.3 is 5.97 Å². The van der Waals surface area contributed by atoms with Gasteiger partial charge in [-0.25, -0.2) is 0 Å². The minimum Gasteiger partial charge on any atom is -0.463 e. The van der Waals surface area contributed by atoms with Crippen molar-refractivity contribution in [2.45, 2.75) is 6.92 Å². The van der Waals surface area contributed by atoms with Gasteiger partial charge in [-0.3, -0.25) is 4.79 Å². The molecule has 0 bridgehead atoms. The number of hydrogen-bond donors (Lipinski definition) is 0. The first-order valence-corrected chi connectivity index (χ1v) is 6.22. The Kier molecular flexibility index (Phi) is 11.7. The molecule has 0 saturated carbocycles. The highest BCUT2D eigenvalue weighted by Gasteiger charge is 2.01. The van der Waals surface area contributed by atoms with E-state index in [0.717, 1.165) is 0 Å². The lowest BCUT2D eigenvalue weighted by Crippen LogP contribution is -2.14. The van der Waals surface area contributed by atoms with Gasteiger partial charge in [0.2, 0.25) is 0 Å². The van der Waals surface area contributed by atoms with E-state index in [1.54, 1.807) is 0 Å². The van der Waals surface area contributed by atoms with Gasteiger partial charge in [0.05, 0.1) is 37.4 Å². The van der Waals surface area contributed by atoms with Gasteiger partial charge in [0.25, 0.3) is 0 Å². The van der Waals surface area contributed by atoms with E-state index >= 15 is 0 Å². The van der Waals surface area contributed by atoms with Crippen LogP contribution in [0.25, 0.3) is 0 Å². The molecule has 0 fully saturated rings. The van der Waals surface area contributed by atoms with Crippen molar-refractivity contribution in [1.29, 1.82) is 5.26 Å². The Balaban J connectivity index is 3.12. The van der Waals surface area contributed by atoms with Crippen LogP contribution in [0, 0.1) is 11.3 Å². The third kappa shape index (κ3) is 11.3. The van der Waals surface area contributed by atoms with Crippen LogP contribution in [-0.2, 0) is 19.0 Å². The monoisotopic (exact) mass is 247 g/mol. The lowest BCUT2D eigenvalue weighted by atomic mass is 10.7. The Hall–Kier alpha value is -0.770. The van der Waals surface area contributed by atoms with E-state index in [4.69, 9.17) is 19.5 Å². The van der Waals surface area contributed by atoms with Crippen molar-refractivity contribution in [1.82, 2.24) is 0 Å². The van der Waals surface area contributed by atoms with Crippen molar-refractivity contribution in [3.05, 3.63) is 0 Å². The minimum absolute atomic E-state index is 0.215. The van der Waals surface area contributed by atoms with Crippen LogP contribution in [0.15, 0.2) is 0 Å². The Morgan fingerprint density at radius 2 is 1.94 bits per heavy atom. The molecule has 0 saturated heterocycles. The second kappa shape index (κ2) is 12.3. The van der Waals surface area contributed by atoms with E-state index in [9.17, 15) is 4.79 Å². The number of thioether (sulfide) groups is 1. The molecular formula is C10H17NO4S. The molecule has 0 aliphatic heterocycles. The molecule has 0 spiro atoms. The van der Waals surface area contributed by atoms with E-state index in [1.165, 1.54) is 11.8 Å². The van der Waals surface area contributed by atoms with Gasteiger partial charge in [-0.15, -0.1) is 11.8 Å². The van der Waals surface area contributed by atoms with E-state index in [0.29, 0.717) is 32.2 Å². The molecule has 0 aliphatic rings. The largest absolute Gasteiger partial charge is 0.463 e. The molecule has 16 heavy (non-hydrogen) atoms. The summed E-state index contributed by atoms with van der Waals surface area (Å²) in [7, 11) is 0. The zero-order valence-electron chi connectivity index (χ0n) is 9.44. The maximum absolute atomic E-state index is 11.0. The lowest BCUT2D eigenvalue weighted by molar-refractivity contribution is -0.142. The maximum atomic E-state index is 11.0. The van der Waals surface area contributed by atoms with Crippen LogP contribution in [-0.4, -0.2) is 50.5 Å².